The average molecular weight is 233 g/mol. The molecule has 0 radical (unpaired) electrons. The van der Waals surface area contributed by atoms with Crippen molar-refractivity contribution in [1.82, 2.24) is 20.2 Å². The summed E-state index contributed by atoms with van der Waals surface area (Å²) < 4.78 is 1.64. The van der Waals surface area contributed by atoms with Gasteiger partial charge in [0.2, 0.25) is 0 Å². The molecule has 0 aliphatic rings. The number of nitrogens with zero attached hydrogens (tertiary/aromatic N) is 5. The highest BCUT2D eigenvalue weighted by Crippen LogP contribution is 2.19. The van der Waals surface area contributed by atoms with Crippen LogP contribution in [0.25, 0.3) is 0 Å². The van der Waals surface area contributed by atoms with Crippen LogP contribution in [0.5, 0.6) is 0 Å². The number of aryl methyl sites for hydroxylation is 2. The molecule has 1 aromatic carbocycles. The van der Waals surface area contributed by atoms with Crippen molar-refractivity contribution >= 4 is 5.69 Å². The smallest absolute Gasteiger partial charge is 0.258 e. The van der Waals surface area contributed by atoms with Gasteiger partial charge in [-0.2, -0.15) is 0 Å². The van der Waals surface area contributed by atoms with Crippen molar-refractivity contribution in [3.05, 3.63) is 45.3 Å². The molecule has 0 spiro atoms. The molecule has 7 nitrogen and oxygen atoms in total. The van der Waals surface area contributed by atoms with E-state index in [0.717, 1.165) is 5.56 Å². The Morgan fingerprint density at radius 2 is 2.18 bits per heavy atom. The van der Waals surface area contributed by atoms with E-state index in [-0.39, 0.29) is 10.6 Å². The second-order valence-electron chi connectivity index (χ2n) is 3.76. The number of nitro benzene ring substituents is 1. The summed E-state index contributed by atoms with van der Waals surface area (Å²) in [6.45, 7) is 4.03. The summed E-state index contributed by atoms with van der Waals surface area (Å²) in [7, 11) is 0. The predicted molar refractivity (Wildman–Crippen MR) is 59.5 cm³/mol. The van der Waals surface area contributed by atoms with E-state index in [1.54, 1.807) is 30.7 Å². The minimum Gasteiger partial charge on any atom is -0.258 e. The van der Waals surface area contributed by atoms with Crippen LogP contribution in [0.2, 0.25) is 0 Å². The minimum absolute atomic E-state index is 0.127. The van der Waals surface area contributed by atoms with E-state index in [1.807, 2.05) is 0 Å². The highest BCUT2D eigenvalue weighted by Gasteiger charge is 2.10. The number of tetrazole rings is 1. The molecule has 0 saturated carbocycles. The number of hydrogen-bond donors (Lipinski definition) is 0. The van der Waals surface area contributed by atoms with Crippen LogP contribution in [0.1, 0.15) is 17.0 Å². The van der Waals surface area contributed by atoms with E-state index in [0.29, 0.717) is 17.9 Å². The highest BCUT2D eigenvalue weighted by atomic mass is 16.6. The second-order valence-corrected chi connectivity index (χ2v) is 3.76. The molecule has 0 amide bonds. The van der Waals surface area contributed by atoms with Crippen LogP contribution >= 0.6 is 0 Å². The first-order chi connectivity index (χ1) is 8.08. The summed E-state index contributed by atoms with van der Waals surface area (Å²) in [5.74, 6) is 0.709. The van der Waals surface area contributed by atoms with Crippen molar-refractivity contribution in [1.29, 1.82) is 0 Å². The van der Waals surface area contributed by atoms with E-state index in [1.165, 1.54) is 6.07 Å². The Kier molecular flexibility index (Phi) is 2.82. The van der Waals surface area contributed by atoms with Crippen molar-refractivity contribution in [3.8, 4) is 0 Å². The highest BCUT2D eigenvalue weighted by molar-refractivity contribution is 5.41. The molecule has 17 heavy (non-hydrogen) atoms. The minimum atomic E-state index is -0.388. The lowest BCUT2D eigenvalue weighted by Crippen LogP contribution is -2.05. The Morgan fingerprint density at radius 3 is 2.71 bits per heavy atom. The van der Waals surface area contributed by atoms with Crippen LogP contribution in [-0.2, 0) is 6.54 Å². The van der Waals surface area contributed by atoms with Gasteiger partial charge in [0.1, 0.15) is 5.82 Å². The van der Waals surface area contributed by atoms with E-state index >= 15 is 0 Å². The summed E-state index contributed by atoms with van der Waals surface area (Å²) in [4.78, 5) is 10.3. The average Bonchev–Trinajstić information content (AvgIpc) is 2.64. The Labute approximate surface area is 97.2 Å². The molecule has 0 N–H and O–H groups in total. The molecule has 0 bridgehead atoms. The van der Waals surface area contributed by atoms with E-state index < -0.39 is 0 Å². The van der Waals surface area contributed by atoms with Gasteiger partial charge in [-0.25, -0.2) is 4.68 Å². The first-order valence-corrected chi connectivity index (χ1v) is 5.04. The van der Waals surface area contributed by atoms with Gasteiger partial charge in [-0.1, -0.05) is 6.07 Å². The first-order valence-electron chi connectivity index (χ1n) is 5.04. The van der Waals surface area contributed by atoms with Crippen molar-refractivity contribution in [2.24, 2.45) is 0 Å². The van der Waals surface area contributed by atoms with Crippen molar-refractivity contribution in [3.63, 3.8) is 0 Å². The summed E-state index contributed by atoms with van der Waals surface area (Å²) in [5, 5.41) is 21.8. The topological polar surface area (TPSA) is 86.7 Å². The molecule has 0 saturated heterocycles. The molecule has 2 aromatic rings. The fourth-order valence-corrected chi connectivity index (χ4v) is 1.59. The van der Waals surface area contributed by atoms with Crippen LogP contribution in [0.15, 0.2) is 18.2 Å². The van der Waals surface area contributed by atoms with Crippen LogP contribution in [-0.4, -0.2) is 25.1 Å². The van der Waals surface area contributed by atoms with Crippen molar-refractivity contribution < 1.29 is 4.92 Å². The molecule has 7 heteroatoms. The van der Waals surface area contributed by atoms with Gasteiger partial charge in [0.25, 0.3) is 5.69 Å². The van der Waals surface area contributed by atoms with Crippen molar-refractivity contribution in [2.75, 3.05) is 0 Å². The Bertz CT molecular complexity index is 564. The van der Waals surface area contributed by atoms with Crippen LogP contribution in [0.3, 0.4) is 0 Å². The molecule has 1 heterocycles. The van der Waals surface area contributed by atoms with Gasteiger partial charge in [0.05, 0.1) is 11.5 Å². The maximum Gasteiger partial charge on any atom is 0.272 e. The maximum absolute atomic E-state index is 10.7. The zero-order valence-electron chi connectivity index (χ0n) is 9.49. The molecule has 0 aliphatic carbocycles. The van der Waals surface area contributed by atoms with Gasteiger partial charge >= 0.3 is 0 Å². The molecule has 0 unspecified atom stereocenters. The SMILES string of the molecule is Cc1cc(Cn2nnnc2C)ccc1[N+](=O)[O-]. The molecule has 0 aliphatic heterocycles. The quantitative estimate of drug-likeness (QED) is 0.588. The molecule has 0 atom stereocenters. The van der Waals surface area contributed by atoms with Gasteiger partial charge < -0.3 is 0 Å². The summed E-state index contributed by atoms with van der Waals surface area (Å²) >= 11 is 0. The zero-order chi connectivity index (χ0) is 12.4. The Balaban J connectivity index is 2.27. The summed E-state index contributed by atoms with van der Waals surface area (Å²) in [6, 6.07) is 5.00. The molecule has 1 aromatic heterocycles. The van der Waals surface area contributed by atoms with Crippen LogP contribution in [0.4, 0.5) is 5.69 Å². The third-order valence-corrected chi connectivity index (χ3v) is 2.50. The molecular formula is C10H11N5O2. The number of rotatable bonds is 3. The maximum atomic E-state index is 10.7. The van der Waals surface area contributed by atoms with Gasteiger partial charge in [-0.3, -0.25) is 10.1 Å². The third kappa shape index (κ3) is 2.27. The zero-order valence-corrected chi connectivity index (χ0v) is 9.49. The lowest BCUT2D eigenvalue weighted by atomic mass is 10.1. The fourth-order valence-electron chi connectivity index (χ4n) is 1.59. The third-order valence-electron chi connectivity index (χ3n) is 2.50. The van der Waals surface area contributed by atoms with Gasteiger partial charge in [0, 0.05) is 11.6 Å². The predicted octanol–water partition coefficient (Wildman–Crippen LogP) is 1.25. The second kappa shape index (κ2) is 4.28. The Morgan fingerprint density at radius 1 is 1.41 bits per heavy atom. The van der Waals surface area contributed by atoms with Gasteiger partial charge in [0.15, 0.2) is 0 Å². The molecule has 0 fully saturated rings. The standard InChI is InChI=1S/C10H11N5O2/c1-7-5-9(3-4-10(7)15(16)17)6-14-8(2)11-12-13-14/h3-5H,6H2,1-2H3. The van der Waals surface area contributed by atoms with E-state index in [9.17, 15) is 10.1 Å². The Hall–Kier alpha value is -2.31. The van der Waals surface area contributed by atoms with Crippen molar-refractivity contribution in [2.45, 2.75) is 20.4 Å². The van der Waals surface area contributed by atoms with Crippen LogP contribution in [0, 0.1) is 24.0 Å². The monoisotopic (exact) mass is 233 g/mol. The van der Waals surface area contributed by atoms with Gasteiger partial charge in [-0.05, 0) is 35.9 Å². The largest absolute Gasteiger partial charge is 0.272 e. The van der Waals surface area contributed by atoms with E-state index in [4.69, 9.17) is 0 Å². The fraction of sp³-hybridized carbons (Fsp3) is 0.300. The number of hydrogen-bond acceptors (Lipinski definition) is 5. The molecule has 2 rings (SSSR count). The number of aromatic nitrogens is 4. The van der Waals surface area contributed by atoms with Crippen LogP contribution < -0.4 is 0 Å². The summed E-state index contributed by atoms with van der Waals surface area (Å²) in [6.07, 6.45) is 0. The molecular weight excluding hydrogens is 222 g/mol. The summed E-state index contributed by atoms with van der Waals surface area (Å²) in [5.41, 5.74) is 1.70. The van der Waals surface area contributed by atoms with Gasteiger partial charge in [-0.15, -0.1) is 5.10 Å². The lowest BCUT2D eigenvalue weighted by molar-refractivity contribution is -0.385. The normalized spacial score (nSPS) is 10.5. The first kappa shape index (κ1) is 11.2. The number of benzene rings is 1. The van der Waals surface area contributed by atoms with E-state index in [2.05, 4.69) is 15.5 Å². The lowest BCUT2D eigenvalue weighted by Gasteiger charge is -2.04. The molecule has 88 valence electrons. The number of nitro groups is 1.